The molecule has 110 valence electrons. The van der Waals surface area contributed by atoms with Gasteiger partial charge in [-0.25, -0.2) is 0 Å². The maximum atomic E-state index is 12.8. The van der Waals surface area contributed by atoms with Gasteiger partial charge < -0.3 is 15.8 Å². The van der Waals surface area contributed by atoms with Gasteiger partial charge in [-0.15, -0.1) is 0 Å². The minimum atomic E-state index is -4.21. The Labute approximate surface area is 113 Å². The van der Waals surface area contributed by atoms with Crippen molar-refractivity contribution in [1.82, 2.24) is 4.98 Å². The second-order valence-electron chi connectivity index (χ2n) is 4.70. The number of halogens is 3. The number of pyridine rings is 1. The van der Waals surface area contributed by atoms with Crippen molar-refractivity contribution in [3.63, 3.8) is 0 Å². The second-order valence-corrected chi connectivity index (χ2v) is 4.70. The van der Waals surface area contributed by atoms with Crippen molar-refractivity contribution in [1.29, 1.82) is 0 Å². The molecule has 0 saturated carbocycles. The molecule has 0 amide bonds. The average Bonchev–Trinajstić information content (AvgIpc) is 2.45. The molecule has 2 heterocycles. The second kappa shape index (κ2) is 5.56. The monoisotopic (exact) mass is 288 g/mol. The lowest BCUT2D eigenvalue weighted by molar-refractivity contribution is -0.175. The van der Waals surface area contributed by atoms with E-state index in [4.69, 9.17) is 10.9 Å². The number of aromatic nitrogens is 1. The van der Waals surface area contributed by atoms with Crippen LogP contribution in [0, 0.1) is 5.92 Å². The van der Waals surface area contributed by atoms with Crippen molar-refractivity contribution in [2.24, 2.45) is 16.8 Å². The zero-order chi connectivity index (χ0) is 14.8. The highest BCUT2D eigenvalue weighted by Crippen LogP contribution is 2.35. The Balaban J connectivity index is 2.28. The van der Waals surface area contributed by atoms with Crippen LogP contribution >= 0.6 is 0 Å². The van der Waals surface area contributed by atoms with E-state index in [1.54, 1.807) is 4.90 Å². The molecule has 3 N–H and O–H groups in total. The number of alkyl halides is 3. The maximum absolute atomic E-state index is 12.8. The van der Waals surface area contributed by atoms with Crippen molar-refractivity contribution in [2.45, 2.75) is 19.0 Å². The van der Waals surface area contributed by atoms with Gasteiger partial charge in [-0.3, -0.25) is 4.98 Å². The van der Waals surface area contributed by atoms with Crippen molar-refractivity contribution in [2.75, 3.05) is 18.0 Å². The van der Waals surface area contributed by atoms with E-state index in [2.05, 4.69) is 10.1 Å². The number of rotatable bonds is 2. The lowest BCUT2D eigenvalue weighted by Gasteiger charge is -2.35. The van der Waals surface area contributed by atoms with E-state index in [0.29, 0.717) is 24.2 Å². The van der Waals surface area contributed by atoms with Gasteiger partial charge in [0, 0.05) is 24.8 Å². The average molecular weight is 288 g/mol. The Kier molecular flexibility index (Phi) is 4.01. The van der Waals surface area contributed by atoms with Gasteiger partial charge in [-0.2, -0.15) is 13.2 Å². The van der Waals surface area contributed by atoms with Gasteiger partial charge in [0.1, 0.15) is 0 Å². The number of amidine groups is 1. The Bertz CT molecular complexity index is 504. The van der Waals surface area contributed by atoms with Crippen LogP contribution in [0.4, 0.5) is 18.9 Å². The molecule has 1 aromatic rings. The fraction of sp³-hybridized carbons (Fsp3) is 0.500. The first-order chi connectivity index (χ1) is 9.43. The number of nitrogens with two attached hydrogens (primary N) is 1. The summed E-state index contributed by atoms with van der Waals surface area (Å²) >= 11 is 0. The first-order valence-corrected chi connectivity index (χ1v) is 6.17. The predicted molar refractivity (Wildman–Crippen MR) is 67.7 cm³/mol. The first kappa shape index (κ1) is 14.4. The largest absolute Gasteiger partial charge is 0.409 e. The van der Waals surface area contributed by atoms with Gasteiger partial charge >= 0.3 is 6.18 Å². The summed E-state index contributed by atoms with van der Waals surface area (Å²) in [5.74, 6) is -1.51. The van der Waals surface area contributed by atoms with Crippen molar-refractivity contribution in [3.8, 4) is 0 Å². The third kappa shape index (κ3) is 2.94. The molecule has 1 aromatic heterocycles. The highest BCUT2D eigenvalue weighted by molar-refractivity contribution is 6.02. The van der Waals surface area contributed by atoms with Crippen LogP contribution in [0.5, 0.6) is 0 Å². The normalized spacial score (nSPS) is 21.1. The van der Waals surface area contributed by atoms with Gasteiger partial charge in [0.25, 0.3) is 0 Å². The van der Waals surface area contributed by atoms with Crippen molar-refractivity contribution in [3.05, 3.63) is 24.0 Å². The molecule has 1 aliphatic heterocycles. The molecule has 8 heteroatoms. The summed E-state index contributed by atoms with van der Waals surface area (Å²) in [6.07, 6.45) is -0.764. The molecule has 0 spiro atoms. The lowest BCUT2D eigenvalue weighted by atomic mass is 9.96. The van der Waals surface area contributed by atoms with Crippen molar-refractivity contribution >= 4 is 11.5 Å². The summed E-state index contributed by atoms with van der Waals surface area (Å²) < 4.78 is 38.5. The first-order valence-electron chi connectivity index (χ1n) is 6.17. The number of hydrogen-bond acceptors (Lipinski definition) is 4. The van der Waals surface area contributed by atoms with E-state index >= 15 is 0 Å². The molecule has 0 aliphatic carbocycles. The summed E-state index contributed by atoms with van der Waals surface area (Å²) in [5, 5.41) is 11.6. The van der Waals surface area contributed by atoms with Crippen LogP contribution in [0.15, 0.2) is 23.6 Å². The quantitative estimate of drug-likeness (QED) is 0.377. The van der Waals surface area contributed by atoms with Crippen LogP contribution < -0.4 is 10.6 Å². The highest BCUT2D eigenvalue weighted by atomic mass is 19.4. The molecule has 1 saturated heterocycles. The van der Waals surface area contributed by atoms with Gasteiger partial charge in [-0.1, -0.05) is 5.16 Å². The van der Waals surface area contributed by atoms with Gasteiger partial charge in [0.05, 0.1) is 17.8 Å². The Morgan fingerprint density at radius 1 is 1.50 bits per heavy atom. The summed E-state index contributed by atoms with van der Waals surface area (Å²) in [6.45, 7) is 0.352. The van der Waals surface area contributed by atoms with E-state index in [1.165, 1.54) is 18.5 Å². The minimum Gasteiger partial charge on any atom is -0.409 e. The van der Waals surface area contributed by atoms with Crippen LogP contribution in [0.3, 0.4) is 0 Å². The number of hydrogen-bond donors (Lipinski definition) is 2. The van der Waals surface area contributed by atoms with E-state index in [0.717, 1.165) is 0 Å². The topological polar surface area (TPSA) is 74.7 Å². The smallest absolute Gasteiger partial charge is 0.393 e. The van der Waals surface area contributed by atoms with Crippen molar-refractivity contribution < 1.29 is 18.4 Å². The SMILES string of the molecule is N/C(=N/O)c1ccncc1N1CCCC(C(F)(F)F)C1. The van der Waals surface area contributed by atoms with Crippen LogP contribution in [-0.2, 0) is 0 Å². The molecular formula is C12H15F3N4O. The van der Waals surface area contributed by atoms with Gasteiger partial charge in [0.2, 0.25) is 0 Å². The summed E-state index contributed by atoms with van der Waals surface area (Å²) in [4.78, 5) is 5.49. The lowest BCUT2D eigenvalue weighted by Crippen LogP contribution is -2.42. The number of anilines is 1. The van der Waals surface area contributed by atoms with Gasteiger partial charge in [-0.05, 0) is 18.9 Å². The van der Waals surface area contributed by atoms with E-state index in [9.17, 15) is 13.2 Å². The molecular weight excluding hydrogens is 273 g/mol. The number of piperidine rings is 1. The summed E-state index contributed by atoms with van der Waals surface area (Å²) in [5.41, 5.74) is 6.38. The molecule has 5 nitrogen and oxygen atoms in total. The number of nitrogens with zero attached hydrogens (tertiary/aromatic N) is 3. The van der Waals surface area contributed by atoms with Gasteiger partial charge in [0.15, 0.2) is 5.84 Å². The van der Waals surface area contributed by atoms with E-state index < -0.39 is 12.1 Å². The molecule has 0 aromatic carbocycles. The van der Waals surface area contributed by atoms with Crippen LogP contribution in [-0.4, -0.2) is 35.3 Å². The van der Waals surface area contributed by atoms with E-state index in [1.807, 2.05) is 0 Å². The maximum Gasteiger partial charge on any atom is 0.393 e. The highest BCUT2D eigenvalue weighted by Gasteiger charge is 2.42. The van der Waals surface area contributed by atoms with Crippen LogP contribution in [0.25, 0.3) is 0 Å². The number of oxime groups is 1. The van der Waals surface area contributed by atoms with Crippen LogP contribution in [0.2, 0.25) is 0 Å². The molecule has 1 fully saturated rings. The molecule has 0 bridgehead atoms. The molecule has 0 radical (unpaired) electrons. The van der Waals surface area contributed by atoms with Crippen LogP contribution in [0.1, 0.15) is 18.4 Å². The summed E-state index contributed by atoms with van der Waals surface area (Å²) in [6, 6.07) is 1.52. The fourth-order valence-electron chi connectivity index (χ4n) is 2.37. The van der Waals surface area contributed by atoms with E-state index in [-0.39, 0.29) is 18.8 Å². The fourth-order valence-corrected chi connectivity index (χ4v) is 2.37. The zero-order valence-corrected chi connectivity index (χ0v) is 10.6. The molecule has 20 heavy (non-hydrogen) atoms. The third-order valence-corrected chi connectivity index (χ3v) is 3.41. The third-order valence-electron chi connectivity index (χ3n) is 3.41. The Hall–Kier alpha value is -1.99. The molecule has 1 aliphatic rings. The summed E-state index contributed by atoms with van der Waals surface area (Å²) in [7, 11) is 0. The Morgan fingerprint density at radius 3 is 2.90 bits per heavy atom. The predicted octanol–water partition coefficient (Wildman–Crippen LogP) is 1.95. The molecule has 1 atom stereocenters. The minimum absolute atomic E-state index is 0.124. The molecule has 1 unspecified atom stereocenters. The standard InChI is InChI=1S/C12H15F3N4O/c13-12(14,15)8-2-1-5-19(7-8)10-6-17-4-3-9(10)11(16)18-20/h3-4,6,8,20H,1-2,5,7H2,(H2,16,18). The molecule has 2 rings (SSSR count). The zero-order valence-electron chi connectivity index (χ0n) is 10.6. The Morgan fingerprint density at radius 2 is 2.25 bits per heavy atom.